The second-order valence-corrected chi connectivity index (χ2v) is 3.68. The molecule has 0 aliphatic rings. The van der Waals surface area contributed by atoms with E-state index in [1.807, 2.05) is 0 Å². The Morgan fingerprint density at radius 3 is 2.37 bits per heavy atom. The highest BCUT2D eigenvalue weighted by atomic mass is 16.5. The van der Waals surface area contributed by atoms with E-state index in [-0.39, 0.29) is 17.2 Å². The van der Waals surface area contributed by atoms with Crippen LogP contribution in [-0.4, -0.2) is 41.8 Å². The Balaban J connectivity index is 3.12. The number of hydrogen-bond donors (Lipinski definition) is 1. The summed E-state index contributed by atoms with van der Waals surface area (Å²) in [6, 6.07) is 1.38. The predicted molar refractivity (Wildman–Crippen MR) is 63.5 cm³/mol. The Morgan fingerprint density at radius 1 is 1.26 bits per heavy atom. The van der Waals surface area contributed by atoms with E-state index in [9.17, 15) is 14.4 Å². The lowest BCUT2D eigenvalue weighted by atomic mass is 9.96. The van der Waals surface area contributed by atoms with Gasteiger partial charge in [-0.2, -0.15) is 0 Å². The highest BCUT2D eigenvalue weighted by Gasteiger charge is 2.30. The standard InChI is InChI=1S/C12H13NO6/c1-6(11(15)12(16)17)10(14)7-5-13-9(19-3)4-8(7)18-2/h4-6H,1-3H3,(H,16,17). The lowest BCUT2D eigenvalue weighted by molar-refractivity contribution is -0.150. The molecule has 7 heteroatoms. The molecule has 1 N–H and O–H groups in total. The van der Waals surface area contributed by atoms with Crippen molar-refractivity contribution in [3.05, 3.63) is 17.8 Å². The van der Waals surface area contributed by atoms with Crippen LogP contribution in [0.25, 0.3) is 0 Å². The summed E-state index contributed by atoms with van der Waals surface area (Å²) in [4.78, 5) is 37.7. The average molecular weight is 267 g/mol. The normalized spacial score (nSPS) is 11.5. The van der Waals surface area contributed by atoms with Crippen LogP contribution in [0.1, 0.15) is 17.3 Å². The van der Waals surface area contributed by atoms with Gasteiger partial charge in [-0.25, -0.2) is 9.78 Å². The van der Waals surface area contributed by atoms with Crippen molar-refractivity contribution in [2.75, 3.05) is 14.2 Å². The van der Waals surface area contributed by atoms with E-state index in [0.29, 0.717) is 0 Å². The van der Waals surface area contributed by atoms with Gasteiger partial charge in [-0.05, 0) is 6.92 Å². The summed E-state index contributed by atoms with van der Waals surface area (Å²) in [6.07, 6.45) is 1.19. The topological polar surface area (TPSA) is 103 Å². The zero-order valence-electron chi connectivity index (χ0n) is 10.7. The smallest absolute Gasteiger partial charge is 0.372 e. The van der Waals surface area contributed by atoms with Crippen LogP contribution in [0.3, 0.4) is 0 Å². The molecular formula is C12H13NO6. The molecule has 0 amide bonds. The van der Waals surface area contributed by atoms with Crippen LogP contribution in [0.15, 0.2) is 12.3 Å². The van der Waals surface area contributed by atoms with Crippen LogP contribution < -0.4 is 9.47 Å². The van der Waals surface area contributed by atoms with Gasteiger partial charge < -0.3 is 14.6 Å². The van der Waals surface area contributed by atoms with Gasteiger partial charge in [0.05, 0.1) is 25.7 Å². The molecule has 0 saturated heterocycles. The second-order valence-electron chi connectivity index (χ2n) is 3.68. The molecule has 1 atom stereocenters. The van der Waals surface area contributed by atoms with Crippen molar-refractivity contribution in [1.29, 1.82) is 0 Å². The maximum atomic E-state index is 12.0. The molecule has 7 nitrogen and oxygen atoms in total. The van der Waals surface area contributed by atoms with E-state index in [1.54, 1.807) is 0 Å². The fourth-order valence-electron chi connectivity index (χ4n) is 1.42. The van der Waals surface area contributed by atoms with E-state index in [4.69, 9.17) is 14.6 Å². The van der Waals surface area contributed by atoms with Gasteiger partial charge in [0, 0.05) is 12.3 Å². The quantitative estimate of drug-likeness (QED) is 0.456. The SMILES string of the molecule is COc1cc(OC)c(C(=O)C(C)C(=O)C(=O)O)cn1. The third-order valence-electron chi connectivity index (χ3n) is 2.53. The molecule has 0 spiro atoms. The highest BCUT2D eigenvalue weighted by Crippen LogP contribution is 2.24. The van der Waals surface area contributed by atoms with E-state index in [0.717, 1.165) is 0 Å². The maximum absolute atomic E-state index is 12.0. The van der Waals surface area contributed by atoms with Gasteiger partial charge >= 0.3 is 5.97 Å². The number of carbonyl (C=O) groups excluding carboxylic acids is 2. The molecule has 1 unspecified atom stereocenters. The summed E-state index contributed by atoms with van der Waals surface area (Å²) < 4.78 is 9.87. The Hall–Kier alpha value is -2.44. The minimum absolute atomic E-state index is 0.0328. The van der Waals surface area contributed by atoms with Crippen LogP contribution in [0.5, 0.6) is 11.6 Å². The first kappa shape index (κ1) is 14.6. The molecule has 0 aliphatic carbocycles. The zero-order chi connectivity index (χ0) is 14.6. The molecule has 0 saturated carbocycles. The fourth-order valence-corrected chi connectivity index (χ4v) is 1.42. The van der Waals surface area contributed by atoms with Gasteiger partial charge in [0.1, 0.15) is 5.75 Å². The Bertz CT molecular complexity index is 525. The number of rotatable bonds is 6. The van der Waals surface area contributed by atoms with Gasteiger partial charge in [0.2, 0.25) is 11.7 Å². The number of hydrogen-bond acceptors (Lipinski definition) is 6. The summed E-state index contributed by atoms with van der Waals surface area (Å²) in [6.45, 7) is 1.22. The van der Waals surface area contributed by atoms with Crippen molar-refractivity contribution in [3.63, 3.8) is 0 Å². The van der Waals surface area contributed by atoms with E-state index in [1.165, 1.54) is 33.4 Å². The van der Waals surface area contributed by atoms with Gasteiger partial charge in [-0.3, -0.25) is 9.59 Å². The van der Waals surface area contributed by atoms with E-state index < -0.39 is 23.5 Å². The molecule has 1 aromatic heterocycles. The van der Waals surface area contributed by atoms with Crippen LogP contribution in [0.4, 0.5) is 0 Å². The number of aromatic nitrogens is 1. The monoisotopic (exact) mass is 267 g/mol. The lowest BCUT2D eigenvalue weighted by Crippen LogP contribution is -2.28. The van der Waals surface area contributed by atoms with Gasteiger partial charge in [0.25, 0.3) is 0 Å². The third-order valence-corrected chi connectivity index (χ3v) is 2.53. The zero-order valence-corrected chi connectivity index (χ0v) is 10.7. The molecule has 1 heterocycles. The van der Waals surface area contributed by atoms with Crippen molar-refractivity contribution in [1.82, 2.24) is 4.98 Å². The molecule has 102 valence electrons. The van der Waals surface area contributed by atoms with Crippen molar-refractivity contribution in [2.45, 2.75) is 6.92 Å². The number of ether oxygens (including phenoxy) is 2. The van der Waals surface area contributed by atoms with E-state index in [2.05, 4.69) is 4.98 Å². The Morgan fingerprint density at radius 2 is 1.89 bits per heavy atom. The molecule has 0 aromatic carbocycles. The third kappa shape index (κ3) is 3.06. The first-order chi connectivity index (χ1) is 8.92. The number of ketones is 2. The molecule has 0 fully saturated rings. The lowest BCUT2D eigenvalue weighted by Gasteiger charge is -2.11. The minimum Gasteiger partial charge on any atom is -0.496 e. The molecule has 19 heavy (non-hydrogen) atoms. The number of nitrogens with zero attached hydrogens (tertiary/aromatic N) is 1. The molecule has 1 rings (SSSR count). The Kier molecular flexibility index (Phi) is 4.57. The maximum Gasteiger partial charge on any atom is 0.372 e. The summed E-state index contributed by atoms with van der Waals surface area (Å²) in [5.41, 5.74) is 0.0328. The molecule has 1 aromatic rings. The van der Waals surface area contributed by atoms with Crippen LogP contribution >= 0.6 is 0 Å². The van der Waals surface area contributed by atoms with Crippen LogP contribution in [0.2, 0.25) is 0 Å². The van der Waals surface area contributed by atoms with Gasteiger partial charge in [-0.1, -0.05) is 0 Å². The molecule has 0 aliphatic heterocycles. The molecule has 0 bridgehead atoms. The number of carboxylic acids is 1. The van der Waals surface area contributed by atoms with Crippen molar-refractivity contribution in [3.8, 4) is 11.6 Å². The highest BCUT2D eigenvalue weighted by molar-refractivity contribution is 6.38. The minimum atomic E-state index is -1.65. The summed E-state index contributed by atoms with van der Waals surface area (Å²) in [7, 11) is 2.75. The van der Waals surface area contributed by atoms with Crippen molar-refractivity contribution < 1.29 is 29.0 Å². The van der Waals surface area contributed by atoms with Gasteiger partial charge in [0.15, 0.2) is 5.78 Å². The van der Waals surface area contributed by atoms with Crippen molar-refractivity contribution >= 4 is 17.5 Å². The average Bonchev–Trinajstić information content (AvgIpc) is 2.43. The summed E-state index contributed by atoms with van der Waals surface area (Å²) in [5.74, 6) is -4.39. The first-order valence-electron chi connectivity index (χ1n) is 5.31. The number of carboxylic acid groups (broad SMARTS) is 1. The number of aliphatic carboxylic acids is 1. The second kappa shape index (κ2) is 5.94. The number of Topliss-reactive ketones (excluding diaryl/α,β-unsaturated/α-hetero) is 2. The van der Waals surface area contributed by atoms with Gasteiger partial charge in [-0.15, -0.1) is 0 Å². The van der Waals surface area contributed by atoms with Crippen LogP contribution in [-0.2, 0) is 9.59 Å². The summed E-state index contributed by atoms with van der Waals surface area (Å²) >= 11 is 0. The number of pyridine rings is 1. The van der Waals surface area contributed by atoms with Crippen LogP contribution in [0, 0.1) is 5.92 Å². The Labute approximate surface area is 109 Å². The van der Waals surface area contributed by atoms with E-state index >= 15 is 0 Å². The fraction of sp³-hybridized carbons (Fsp3) is 0.333. The number of methoxy groups -OCH3 is 2. The molecular weight excluding hydrogens is 254 g/mol. The van der Waals surface area contributed by atoms with Crippen molar-refractivity contribution in [2.24, 2.45) is 5.92 Å². The largest absolute Gasteiger partial charge is 0.496 e. The number of carbonyl (C=O) groups is 3. The summed E-state index contributed by atoms with van der Waals surface area (Å²) in [5, 5.41) is 8.59. The predicted octanol–water partition coefficient (Wildman–Crippen LogP) is 0.571. The molecule has 0 radical (unpaired) electrons. The first-order valence-corrected chi connectivity index (χ1v) is 5.31.